The molecule has 5 heteroatoms. The minimum atomic E-state index is 0.192. The molecule has 1 aromatic carbocycles. The van der Waals surface area contributed by atoms with Crippen LogP contribution >= 0.6 is 15.9 Å². The van der Waals surface area contributed by atoms with Crippen LogP contribution in [0.1, 0.15) is 24.4 Å². The molecule has 112 valence electrons. The topological polar surface area (TPSA) is 47.7 Å². The Morgan fingerprint density at radius 2 is 2.25 bits per heavy atom. The van der Waals surface area contributed by atoms with Crippen LogP contribution in [-0.4, -0.2) is 44.9 Å². The second-order valence-electron chi connectivity index (χ2n) is 5.13. The maximum atomic E-state index is 6.04. The molecule has 2 unspecified atom stereocenters. The maximum absolute atomic E-state index is 6.04. The molecule has 1 fully saturated rings. The Bertz CT molecular complexity index is 442. The summed E-state index contributed by atoms with van der Waals surface area (Å²) in [5.74, 6) is 0.863. The Morgan fingerprint density at radius 1 is 1.45 bits per heavy atom. The number of hydrogen-bond donors (Lipinski definition) is 1. The third-order valence-electron chi connectivity index (χ3n) is 3.97. The summed E-state index contributed by atoms with van der Waals surface area (Å²) in [6.07, 6.45) is 2.59. The van der Waals surface area contributed by atoms with Gasteiger partial charge in [-0.2, -0.15) is 0 Å². The van der Waals surface area contributed by atoms with E-state index >= 15 is 0 Å². The largest absolute Gasteiger partial charge is 0.497 e. The van der Waals surface area contributed by atoms with Crippen LogP contribution in [0.4, 0.5) is 0 Å². The van der Waals surface area contributed by atoms with Gasteiger partial charge in [-0.3, -0.25) is 4.90 Å². The Labute approximate surface area is 129 Å². The lowest BCUT2D eigenvalue weighted by Gasteiger charge is -2.37. The van der Waals surface area contributed by atoms with Gasteiger partial charge in [0.25, 0.3) is 0 Å². The van der Waals surface area contributed by atoms with E-state index in [0.717, 1.165) is 36.2 Å². The molecule has 0 bridgehead atoms. The molecule has 0 amide bonds. The molecular weight excluding hydrogens is 320 g/mol. The number of rotatable bonds is 5. The summed E-state index contributed by atoms with van der Waals surface area (Å²) < 4.78 is 11.9. The van der Waals surface area contributed by atoms with E-state index < -0.39 is 0 Å². The summed E-state index contributed by atoms with van der Waals surface area (Å²) in [7, 11) is 3.47. The summed E-state index contributed by atoms with van der Waals surface area (Å²) >= 11 is 3.63. The molecule has 1 saturated heterocycles. The lowest BCUT2D eigenvalue weighted by Crippen LogP contribution is -2.43. The third-order valence-corrected chi connectivity index (χ3v) is 4.69. The molecule has 20 heavy (non-hydrogen) atoms. The van der Waals surface area contributed by atoms with Crippen LogP contribution in [0, 0.1) is 0 Å². The van der Waals surface area contributed by atoms with Crippen LogP contribution in [-0.2, 0) is 4.74 Å². The van der Waals surface area contributed by atoms with Crippen LogP contribution in [0.15, 0.2) is 22.7 Å². The highest BCUT2D eigenvalue weighted by Crippen LogP contribution is 2.32. The van der Waals surface area contributed by atoms with Crippen molar-refractivity contribution < 1.29 is 9.47 Å². The molecule has 1 aliphatic heterocycles. The molecule has 1 aliphatic rings. The Hall–Kier alpha value is -0.620. The Balaban J connectivity index is 2.22. The van der Waals surface area contributed by atoms with E-state index in [-0.39, 0.29) is 6.04 Å². The van der Waals surface area contributed by atoms with Gasteiger partial charge in [-0.25, -0.2) is 0 Å². The van der Waals surface area contributed by atoms with Crippen LogP contribution in [0.3, 0.4) is 0 Å². The molecule has 1 heterocycles. The number of nitrogens with zero attached hydrogens (tertiary/aromatic N) is 1. The van der Waals surface area contributed by atoms with Crippen molar-refractivity contribution in [2.75, 3.05) is 33.9 Å². The van der Waals surface area contributed by atoms with Gasteiger partial charge in [0.1, 0.15) is 5.75 Å². The number of halogens is 1. The van der Waals surface area contributed by atoms with Gasteiger partial charge in [-0.05, 0) is 43.1 Å². The van der Waals surface area contributed by atoms with Crippen molar-refractivity contribution in [2.24, 2.45) is 5.73 Å². The fourth-order valence-electron chi connectivity index (χ4n) is 2.82. The highest BCUT2D eigenvalue weighted by atomic mass is 79.9. The van der Waals surface area contributed by atoms with E-state index in [9.17, 15) is 0 Å². The highest BCUT2D eigenvalue weighted by molar-refractivity contribution is 9.10. The van der Waals surface area contributed by atoms with Crippen LogP contribution in [0.5, 0.6) is 5.75 Å². The number of piperidine rings is 1. The average molecular weight is 343 g/mol. The summed E-state index contributed by atoms with van der Waals surface area (Å²) in [6.45, 7) is 2.58. The molecule has 2 rings (SSSR count). The molecule has 1 aromatic rings. The molecule has 4 nitrogen and oxygen atoms in total. The summed E-state index contributed by atoms with van der Waals surface area (Å²) in [5.41, 5.74) is 7.22. The Kier molecular flexibility index (Phi) is 5.84. The predicted octanol–water partition coefficient (Wildman–Crippen LogP) is 2.57. The summed E-state index contributed by atoms with van der Waals surface area (Å²) in [6, 6.07) is 6.24. The van der Waals surface area contributed by atoms with Crippen molar-refractivity contribution in [3.05, 3.63) is 28.2 Å². The van der Waals surface area contributed by atoms with Gasteiger partial charge in [0.05, 0.1) is 13.2 Å². The van der Waals surface area contributed by atoms with Gasteiger partial charge in [0.15, 0.2) is 0 Å². The van der Waals surface area contributed by atoms with Gasteiger partial charge in [-0.1, -0.05) is 15.9 Å². The fraction of sp³-hybridized carbons (Fsp3) is 0.600. The first kappa shape index (κ1) is 15.8. The monoisotopic (exact) mass is 342 g/mol. The van der Waals surface area contributed by atoms with Gasteiger partial charge in [0, 0.05) is 30.7 Å². The highest BCUT2D eigenvalue weighted by Gasteiger charge is 2.27. The van der Waals surface area contributed by atoms with Crippen molar-refractivity contribution in [2.45, 2.75) is 25.0 Å². The van der Waals surface area contributed by atoms with E-state index in [0.29, 0.717) is 12.6 Å². The van der Waals surface area contributed by atoms with Crippen molar-refractivity contribution >= 4 is 15.9 Å². The number of methoxy groups -OCH3 is 2. The zero-order valence-corrected chi connectivity index (χ0v) is 13.7. The molecule has 0 saturated carbocycles. The lowest BCUT2D eigenvalue weighted by atomic mass is 10.0. The van der Waals surface area contributed by atoms with E-state index in [1.165, 1.54) is 5.56 Å². The number of nitrogens with two attached hydrogens (primary N) is 1. The summed E-state index contributed by atoms with van der Waals surface area (Å²) in [4.78, 5) is 2.41. The predicted molar refractivity (Wildman–Crippen MR) is 84.1 cm³/mol. The fourth-order valence-corrected chi connectivity index (χ4v) is 3.33. The standard InChI is InChI=1S/C15H23BrN2O2/c1-19-11-5-6-14(16)13(8-11)15(9-17)18-7-3-4-12(10-18)20-2/h5-6,8,12,15H,3-4,7,9-10,17H2,1-2H3. The molecule has 0 aliphatic carbocycles. The molecule has 2 N–H and O–H groups in total. The SMILES string of the molecule is COc1ccc(Br)c(C(CN)N2CCCC(OC)C2)c1. The average Bonchev–Trinajstić information content (AvgIpc) is 2.50. The summed E-state index contributed by atoms with van der Waals surface area (Å²) in [5, 5.41) is 0. The van der Waals surface area contributed by atoms with E-state index in [4.69, 9.17) is 15.2 Å². The zero-order valence-electron chi connectivity index (χ0n) is 12.1. The number of ether oxygens (including phenoxy) is 2. The van der Waals surface area contributed by atoms with Crippen molar-refractivity contribution in [3.8, 4) is 5.75 Å². The number of hydrogen-bond acceptors (Lipinski definition) is 4. The molecule has 0 aromatic heterocycles. The molecule has 0 radical (unpaired) electrons. The first-order valence-corrected chi connectivity index (χ1v) is 7.79. The Morgan fingerprint density at radius 3 is 2.90 bits per heavy atom. The van der Waals surface area contributed by atoms with Crippen molar-refractivity contribution in [1.29, 1.82) is 0 Å². The first-order chi connectivity index (χ1) is 9.69. The second kappa shape index (κ2) is 7.41. The third kappa shape index (κ3) is 3.52. The van der Waals surface area contributed by atoms with Gasteiger partial charge >= 0.3 is 0 Å². The molecule has 2 atom stereocenters. The minimum absolute atomic E-state index is 0.192. The van der Waals surface area contributed by atoms with Gasteiger partial charge in [-0.15, -0.1) is 0 Å². The molecule has 0 spiro atoms. The zero-order chi connectivity index (χ0) is 14.5. The van der Waals surface area contributed by atoms with Crippen LogP contribution < -0.4 is 10.5 Å². The number of likely N-dealkylation sites (tertiary alicyclic amines) is 1. The van der Waals surface area contributed by atoms with Gasteiger partial charge < -0.3 is 15.2 Å². The first-order valence-electron chi connectivity index (χ1n) is 7.00. The van der Waals surface area contributed by atoms with E-state index in [2.05, 4.69) is 26.9 Å². The van der Waals surface area contributed by atoms with Crippen molar-refractivity contribution in [1.82, 2.24) is 4.90 Å². The maximum Gasteiger partial charge on any atom is 0.119 e. The van der Waals surface area contributed by atoms with Gasteiger partial charge in [0.2, 0.25) is 0 Å². The molecular formula is C15H23BrN2O2. The lowest BCUT2D eigenvalue weighted by molar-refractivity contribution is 0.0153. The van der Waals surface area contributed by atoms with Crippen molar-refractivity contribution in [3.63, 3.8) is 0 Å². The second-order valence-corrected chi connectivity index (χ2v) is 5.99. The number of benzene rings is 1. The smallest absolute Gasteiger partial charge is 0.119 e. The van der Waals surface area contributed by atoms with E-state index in [1.807, 2.05) is 12.1 Å². The van der Waals surface area contributed by atoms with Crippen LogP contribution in [0.2, 0.25) is 0 Å². The van der Waals surface area contributed by atoms with E-state index in [1.54, 1.807) is 14.2 Å². The minimum Gasteiger partial charge on any atom is -0.497 e. The van der Waals surface area contributed by atoms with Crippen LogP contribution in [0.25, 0.3) is 0 Å². The normalized spacial score (nSPS) is 21.7. The quantitative estimate of drug-likeness (QED) is 0.893.